The van der Waals surface area contributed by atoms with E-state index in [9.17, 15) is 4.79 Å². The topological polar surface area (TPSA) is 54.3 Å². The summed E-state index contributed by atoms with van der Waals surface area (Å²) in [6.45, 7) is 3.58. The minimum Gasteiger partial charge on any atom is -0.337 e. The molecule has 2 aromatic heterocycles. The molecule has 24 heavy (non-hydrogen) atoms. The van der Waals surface area contributed by atoms with Gasteiger partial charge in [-0.2, -0.15) is 0 Å². The van der Waals surface area contributed by atoms with E-state index >= 15 is 0 Å². The monoisotopic (exact) mass is 327 g/mol. The molecular formula is C18H25N5O. The molecule has 1 saturated carbocycles. The number of nitrogens with zero attached hydrogens (tertiary/aromatic N) is 5. The number of hydrogen-bond donors (Lipinski definition) is 0. The van der Waals surface area contributed by atoms with Gasteiger partial charge in [0.05, 0.1) is 11.9 Å². The number of amides is 1. The zero-order chi connectivity index (χ0) is 16.5. The average molecular weight is 327 g/mol. The summed E-state index contributed by atoms with van der Waals surface area (Å²) in [6, 6.07) is 2.43. The van der Waals surface area contributed by atoms with Gasteiger partial charge in [-0.1, -0.05) is 12.8 Å². The number of imidazole rings is 1. The zero-order valence-corrected chi connectivity index (χ0v) is 14.3. The Morgan fingerprint density at radius 1 is 1.08 bits per heavy atom. The van der Waals surface area contributed by atoms with Crippen LogP contribution in [0.2, 0.25) is 0 Å². The number of pyridine rings is 1. The number of fused-ring (bicyclic) bond motifs is 1. The Labute approximate surface area is 142 Å². The molecule has 6 nitrogen and oxygen atoms in total. The molecule has 0 atom stereocenters. The van der Waals surface area contributed by atoms with Gasteiger partial charge in [0.1, 0.15) is 5.52 Å². The Hall–Kier alpha value is -1.95. The van der Waals surface area contributed by atoms with Crippen molar-refractivity contribution in [3.63, 3.8) is 0 Å². The van der Waals surface area contributed by atoms with Gasteiger partial charge in [-0.25, -0.2) is 9.97 Å². The summed E-state index contributed by atoms with van der Waals surface area (Å²) in [4.78, 5) is 26.1. The van der Waals surface area contributed by atoms with Gasteiger partial charge in [0.2, 0.25) is 0 Å². The first-order valence-corrected chi connectivity index (χ1v) is 9.03. The first-order valence-electron chi connectivity index (χ1n) is 9.03. The molecule has 4 rings (SSSR count). The molecule has 1 saturated heterocycles. The minimum atomic E-state index is 0.0788. The summed E-state index contributed by atoms with van der Waals surface area (Å²) >= 11 is 0. The largest absolute Gasteiger partial charge is 0.337 e. The maximum atomic E-state index is 12.8. The minimum absolute atomic E-state index is 0.0788. The van der Waals surface area contributed by atoms with Crippen LogP contribution in [0.4, 0.5) is 0 Å². The van der Waals surface area contributed by atoms with Crippen molar-refractivity contribution >= 4 is 17.1 Å². The summed E-state index contributed by atoms with van der Waals surface area (Å²) in [5.41, 5.74) is 2.40. The van der Waals surface area contributed by atoms with Crippen molar-refractivity contribution in [3.05, 3.63) is 24.2 Å². The molecule has 2 aliphatic rings. The molecule has 0 N–H and O–H groups in total. The first kappa shape index (κ1) is 15.6. The van der Waals surface area contributed by atoms with Crippen LogP contribution in [0.15, 0.2) is 18.6 Å². The number of rotatable bonds is 2. The van der Waals surface area contributed by atoms with Crippen molar-refractivity contribution in [2.24, 2.45) is 0 Å². The van der Waals surface area contributed by atoms with Crippen LogP contribution in [0.25, 0.3) is 11.2 Å². The molecular weight excluding hydrogens is 302 g/mol. The Kier molecular flexibility index (Phi) is 4.22. The molecule has 128 valence electrons. The number of hydrogen-bond acceptors (Lipinski definition) is 4. The summed E-state index contributed by atoms with van der Waals surface area (Å²) in [5.74, 6) is 0.0788. The van der Waals surface area contributed by atoms with Crippen molar-refractivity contribution in [1.29, 1.82) is 0 Å². The molecule has 3 heterocycles. The van der Waals surface area contributed by atoms with Crippen molar-refractivity contribution in [3.8, 4) is 0 Å². The summed E-state index contributed by atoms with van der Waals surface area (Å²) in [6.07, 6.45) is 9.61. The fraction of sp³-hybridized carbons (Fsp3) is 0.611. The van der Waals surface area contributed by atoms with Gasteiger partial charge < -0.3 is 14.4 Å². The van der Waals surface area contributed by atoms with Crippen LogP contribution in [0.3, 0.4) is 0 Å². The van der Waals surface area contributed by atoms with Crippen LogP contribution in [0.5, 0.6) is 0 Å². The Balaban J connectivity index is 1.57. The van der Waals surface area contributed by atoms with Crippen LogP contribution in [0, 0.1) is 0 Å². The number of carbonyl (C=O) groups is 1. The van der Waals surface area contributed by atoms with E-state index < -0.39 is 0 Å². The van der Waals surface area contributed by atoms with E-state index in [0.717, 1.165) is 43.8 Å². The highest BCUT2D eigenvalue weighted by molar-refractivity contribution is 5.96. The zero-order valence-electron chi connectivity index (χ0n) is 14.3. The Morgan fingerprint density at radius 3 is 2.75 bits per heavy atom. The van der Waals surface area contributed by atoms with Crippen LogP contribution >= 0.6 is 0 Å². The number of carbonyl (C=O) groups excluding carboxylic acids is 1. The van der Waals surface area contributed by atoms with E-state index in [0.29, 0.717) is 11.6 Å². The molecule has 0 spiro atoms. The third-order valence-corrected chi connectivity index (χ3v) is 5.38. The molecule has 1 aliphatic heterocycles. The molecule has 2 fully saturated rings. The normalized spacial score (nSPS) is 20.6. The summed E-state index contributed by atoms with van der Waals surface area (Å²) < 4.78 is 2.19. The summed E-state index contributed by atoms with van der Waals surface area (Å²) in [5, 5.41) is 0. The van der Waals surface area contributed by atoms with Gasteiger partial charge in [-0.05, 0) is 38.9 Å². The second kappa shape index (κ2) is 6.51. The first-order chi connectivity index (χ1) is 11.7. The van der Waals surface area contributed by atoms with E-state index in [4.69, 9.17) is 0 Å². The Morgan fingerprint density at radius 2 is 1.92 bits per heavy atom. The van der Waals surface area contributed by atoms with Crippen molar-refractivity contribution in [2.45, 2.75) is 38.1 Å². The van der Waals surface area contributed by atoms with E-state index in [-0.39, 0.29) is 5.91 Å². The molecule has 2 aromatic rings. The highest BCUT2D eigenvalue weighted by Gasteiger charge is 2.22. The third kappa shape index (κ3) is 2.90. The van der Waals surface area contributed by atoms with Gasteiger partial charge in [0, 0.05) is 31.9 Å². The van der Waals surface area contributed by atoms with Gasteiger partial charge >= 0.3 is 0 Å². The van der Waals surface area contributed by atoms with Gasteiger partial charge in [0.15, 0.2) is 5.65 Å². The Bertz CT molecular complexity index is 734. The fourth-order valence-corrected chi connectivity index (χ4v) is 3.92. The van der Waals surface area contributed by atoms with Crippen molar-refractivity contribution < 1.29 is 4.79 Å². The standard InChI is InChI=1S/C18H25N5O/c1-21-7-4-8-22(10-9-21)18(24)14-11-16-17(19-12-14)23(13-20-16)15-5-2-3-6-15/h11-13,15H,2-10H2,1H3. The average Bonchev–Trinajstić information content (AvgIpc) is 3.20. The molecule has 0 unspecified atom stereocenters. The van der Waals surface area contributed by atoms with Crippen LogP contribution in [-0.2, 0) is 0 Å². The molecule has 0 aromatic carbocycles. The smallest absolute Gasteiger partial charge is 0.255 e. The lowest BCUT2D eigenvalue weighted by atomic mass is 10.2. The van der Waals surface area contributed by atoms with E-state index in [1.54, 1.807) is 6.20 Å². The van der Waals surface area contributed by atoms with E-state index in [2.05, 4.69) is 26.5 Å². The second-order valence-electron chi connectivity index (χ2n) is 7.11. The van der Waals surface area contributed by atoms with Crippen molar-refractivity contribution in [2.75, 3.05) is 33.2 Å². The molecule has 6 heteroatoms. The van der Waals surface area contributed by atoms with Crippen LogP contribution in [0.1, 0.15) is 48.5 Å². The number of likely N-dealkylation sites (N-methyl/N-ethyl adjacent to an activating group) is 1. The van der Waals surface area contributed by atoms with Crippen LogP contribution < -0.4 is 0 Å². The highest BCUT2D eigenvalue weighted by Crippen LogP contribution is 2.31. The van der Waals surface area contributed by atoms with Gasteiger partial charge in [-0.3, -0.25) is 4.79 Å². The maximum absolute atomic E-state index is 12.8. The molecule has 1 amide bonds. The van der Waals surface area contributed by atoms with Gasteiger partial charge in [0.25, 0.3) is 5.91 Å². The molecule has 0 radical (unpaired) electrons. The van der Waals surface area contributed by atoms with E-state index in [1.807, 2.05) is 17.3 Å². The quantitative estimate of drug-likeness (QED) is 0.849. The lowest BCUT2D eigenvalue weighted by Crippen LogP contribution is -2.34. The molecule has 0 bridgehead atoms. The van der Waals surface area contributed by atoms with Crippen molar-refractivity contribution in [1.82, 2.24) is 24.3 Å². The summed E-state index contributed by atoms with van der Waals surface area (Å²) in [7, 11) is 2.11. The lowest BCUT2D eigenvalue weighted by Gasteiger charge is -2.20. The fourth-order valence-electron chi connectivity index (χ4n) is 3.92. The highest BCUT2D eigenvalue weighted by atomic mass is 16.2. The lowest BCUT2D eigenvalue weighted by molar-refractivity contribution is 0.0762. The predicted molar refractivity (Wildman–Crippen MR) is 93.1 cm³/mol. The molecule has 1 aliphatic carbocycles. The van der Waals surface area contributed by atoms with E-state index in [1.165, 1.54) is 25.7 Å². The number of aromatic nitrogens is 3. The van der Waals surface area contributed by atoms with Gasteiger partial charge in [-0.15, -0.1) is 0 Å². The second-order valence-corrected chi connectivity index (χ2v) is 7.11. The maximum Gasteiger partial charge on any atom is 0.255 e. The predicted octanol–water partition coefficient (Wildman–Crippen LogP) is 2.32. The van der Waals surface area contributed by atoms with Crippen LogP contribution in [-0.4, -0.2) is 63.5 Å². The third-order valence-electron chi connectivity index (χ3n) is 5.38. The SMILES string of the molecule is CN1CCCN(C(=O)c2cnc3c(c2)ncn3C2CCCC2)CC1.